The predicted molar refractivity (Wildman–Crippen MR) is 62.1 cm³/mol. The Labute approximate surface area is 108 Å². The largest absolute Gasteiger partial charge is 0.391 e. The van der Waals surface area contributed by atoms with Gasteiger partial charge in [0.2, 0.25) is 0 Å². The summed E-state index contributed by atoms with van der Waals surface area (Å²) in [6, 6.07) is 5.52. The van der Waals surface area contributed by atoms with Gasteiger partial charge in [0.15, 0.2) is 0 Å². The lowest BCUT2D eigenvalue weighted by atomic mass is 9.79. The van der Waals surface area contributed by atoms with Crippen molar-refractivity contribution < 1.29 is 17.6 Å². The van der Waals surface area contributed by atoms with Gasteiger partial charge in [-0.05, 0) is 31.0 Å². The second-order valence-corrected chi connectivity index (χ2v) is 4.75. The number of anilines is 1. The first-order chi connectivity index (χ1) is 8.82. The lowest BCUT2D eigenvalue weighted by Gasteiger charge is -2.42. The highest BCUT2D eigenvalue weighted by molar-refractivity contribution is 5.51. The van der Waals surface area contributed by atoms with E-state index < -0.39 is 17.9 Å². The number of rotatable bonds is 2. The molecule has 1 aliphatic carbocycles. The second kappa shape index (κ2) is 4.72. The quantitative estimate of drug-likeness (QED) is 0.771. The molecule has 0 spiro atoms. The van der Waals surface area contributed by atoms with Crippen LogP contribution in [-0.2, 0) is 0 Å². The van der Waals surface area contributed by atoms with E-state index in [2.05, 4.69) is 0 Å². The van der Waals surface area contributed by atoms with E-state index in [1.165, 1.54) is 12.1 Å². The molecule has 1 aromatic rings. The van der Waals surface area contributed by atoms with Crippen LogP contribution in [0, 0.1) is 23.1 Å². The van der Waals surface area contributed by atoms with Crippen molar-refractivity contribution in [2.24, 2.45) is 5.92 Å². The summed E-state index contributed by atoms with van der Waals surface area (Å²) in [4.78, 5) is 1.63. The highest BCUT2D eigenvalue weighted by Crippen LogP contribution is 2.43. The molecule has 0 bridgehead atoms. The van der Waals surface area contributed by atoms with Gasteiger partial charge in [-0.1, -0.05) is 0 Å². The molecule has 0 atom stereocenters. The first-order valence-electron chi connectivity index (χ1n) is 5.82. The van der Waals surface area contributed by atoms with Crippen molar-refractivity contribution in [1.82, 2.24) is 0 Å². The van der Waals surface area contributed by atoms with Gasteiger partial charge in [0.1, 0.15) is 11.9 Å². The molecule has 102 valence electrons. The fourth-order valence-corrected chi connectivity index (χ4v) is 2.20. The molecule has 0 unspecified atom stereocenters. The minimum atomic E-state index is -4.15. The molecule has 0 radical (unpaired) electrons. The fraction of sp³-hybridized carbons (Fsp3) is 0.462. The smallest absolute Gasteiger partial charge is 0.371 e. The van der Waals surface area contributed by atoms with Crippen LogP contribution in [0.4, 0.5) is 23.2 Å². The molecule has 2 rings (SSSR count). The molecule has 1 saturated carbocycles. The zero-order valence-electron chi connectivity index (χ0n) is 10.2. The Morgan fingerprint density at radius 2 is 1.95 bits per heavy atom. The molecule has 0 amide bonds. The summed E-state index contributed by atoms with van der Waals surface area (Å²) < 4.78 is 50.6. The van der Waals surface area contributed by atoms with Crippen LogP contribution in [0.15, 0.2) is 18.2 Å². The third-order valence-electron chi connectivity index (χ3n) is 3.60. The molecule has 0 N–H and O–H groups in total. The van der Waals surface area contributed by atoms with E-state index in [1.54, 1.807) is 24.1 Å². The molecule has 1 aromatic carbocycles. The third-order valence-corrected chi connectivity index (χ3v) is 3.60. The molecule has 19 heavy (non-hydrogen) atoms. The molecule has 0 heterocycles. The summed E-state index contributed by atoms with van der Waals surface area (Å²) >= 11 is 0. The Hall–Kier alpha value is -1.77. The van der Waals surface area contributed by atoms with Crippen molar-refractivity contribution in [2.75, 3.05) is 11.9 Å². The van der Waals surface area contributed by atoms with E-state index in [9.17, 15) is 17.6 Å². The maximum atomic E-state index is 13.4. The van der Waals surface area contributed by atoms with Crippen LogP contribution in [0.2, 0.25) is 0 Å². The number of hydrogen-bond acceptors (Lipinski definition) is 2. The average Bonchev–Trinajstić information content (AvgIpc) is 2.24. The van der Waals surface area contributed by atoms with Crippen LogP contribution in [0.1, 0.15) is 18.4 Å². The maximum Gasteiger partial charge on any atom is 0.391 e. The van der Waals surface area contributed by atoms with Gasteiger partial charge in [-0.15, -0.1) is 0 Å². The second-order valence-electron chi connectivity index (χ2n) is 4.75. The van der Waals surface area contributed by atoms with Crippen LogP contribution >= 0.6 is 0 Å². The third kappa shape index (κ3) is 2.65. The Kier molecular flexibility index (Phi) is 3.40. The Balaban J connectivity index is 2.05. The van der Waals surface area contributed by atoms with Gasteiger partial charge in [-0.2, -0.15) is 18.4 Å². The van der Waals surface area contributed by atoms with Gasteiger partial charge in [0, 0.05) is 18.8 Å². The van der Waals surface area contributed by atoms with Crippen LogP contribution in [0.3, 0.4) is 0 Å². The van der Waals surface area contributed by atoms with Crippen molar-refractivity contribution >= 4 is 5.69 Å². The van der Waals surface area contributed by atoms with Crippen molar-refractivity contribution in [2.45, 2.75) is 25.1 Å². The summed E-state index contributed by atoms with van der Waals surface area (Å²) in [7, 11) is 1.64. The van der Waals surface area contributed by atoms with E-state index in [1.807, 2.05) is 0 Å². The Morgan fingerprint density at radius 1 is 1.32 bits per heavy atom. The SMILES string of the molecule is CN(c1ccc(C#N)c(F)c1)[C@H]1C[C@@H](C(F)(F)F)C1. The molecule has 0 aromatic heterocycles. The lowest BCUT2D eigenvalue weighted by Crippen LogP contribution is -2.47. The summed E-state index contributed by atoms with van der Waals surface area (Å²) in [5.74, 6) is -1.92. The normalized spacial score (nSPS) is 22.5. The zero-order valence-corrected chi connectivity index (χ0v) is 10.2. The predicted octanol–water partition coefficient (Wildman–Crippen LogP) is 3.47. The van der Waals surface area contributed by atoms with Crippen LogP contribution < -0.4 is 4.90 Å². The fourth-order valence-electron chi connectivity index (χ4n) is 2.20. The van der Waals surface area contributed by atoms with Gasteiger partial charge >= 0.3 is 6.18 Å². The zero-order chi connectivity index (χ0) is 14.2. The van der Waals surface area contributed by atoms with Crippen molar-refractivity contribution in [3.63, 3.8) is 0 Å². The van der Waals surface area contributed by atoms with Gasteiger partial charge in [-0.25, -0.2) is 4.39 Å². The average molecular weight is 272 g/mol. The molecule has 1 fully saturated rings. The van der Waals surface area contributed by atoms with Gasteiger partial charge < -0.3 is 4.90 Å². The van der Waals surface area contributed by atoms with E-state index in [0.29, 0.717) is 5.69 Å². The van der Waals surface area contributed by atoms with Crippen LogP contribution in [0.5, 0.6) is 0 Å². The molecule has 0 aliphatic heterocycles. The summed E-state index contributed by atoms with van der Waals surface area (Å²) in [5, 5.41) is 8.61. The minimum Gasteiger partial charge on any atom is -0.371 e. The number of alkyl halides is 3. The standard InChI is InChI=1S/C13H12F4N2/c1-19(11-4-9(5-11)13(15,16)17)10-3-2-8(7-18)12(14)6-10/h2-3,6,9,11H,4-5H2,1H3/t9-,11+. The summed E-state index contributed by atoms with van der Waals surface area (Å²) in [5.41, 5.74) is 0.418. The number of benzene rings is 1. The van der Waals surface area contributed by atoms with Crippen LogP contribution in [-0.4, -0.2) is 19.3 Å². The lowest BCUT2D eigenvalue weighted by molar-refractivity contribution is -0.196. The van der Waals surface area contributed by atoms with Crippen molar-refractivity contribution in [1.29, 1.82) is 5.26 Å². The minimum absolute atomic E-state index is 0.0294. The number of nitrogens with zero attached hydrogens (tertiary/aromatic N) is 2. The highest BCUT2D eigenvalue weighted by Gasteiger charge is 2.48. The first kappa shape index (κ1) is 13.7. The number of hydrogen-bond donors (Lipinski definition) is 0. The van der Waals surface area contributed by atoms with Crippen molar-refractivity contribution in [3.8, 4) is 6.07 Å². The summed E-state index contributed by atoms with van der Waals surface area (Å²) in [6.45, 7) is 0. The monoisotopic (exact) mass is 272 g/mol. The van der Waals surface area contributed by atoms with Crippen LogP contribution in [0.25, 0.3) is 0 Å². The first-order valence-corrected chi connectivity index (χ1v) is 5.82. The van der Waals surface area contributed by atoms with Crippen molar-refractivity contribution in [3.05, 3.63) is 29.6 Å². The van der Waals surface area contributed by atoms with E-state index in [-0.39, 0.29) is 24.4 Å². The van der Waals surface area contributed by atoms with E-state index >= 15 is 0 Å². The molecular formula is C13H12F4N2. The summed E-state index contributed by atoms with van der Waals surface area (Å²) in [6.07, 6.45) is -4.09. The molecular weight excluding hydrogens is 260 g/mol. The number of nitriles is 1. The van der Waals surface area contributed by atoms with Gasteiger partial charge in [0.05, 0.1) is 11.5 Å². The topological polar surface area (TPSA) is 27.0 Å². The molecule has 6 heteroatoms. The van der Waals surface area contributed by atoms with E-state index in [0.717, 1.165) is 0 Å². The van der Waals surface area contributed by atoms with Gasteiger partial charge in [-0.3, -0.25) is 0 Å². The Morgan fingerprint density at radius 3 is 2.42 bits per heavy atom. The van der Waals surface area contributed by atoms with E-state index in [4.69, 9.17) is 5.26 Å². The Bertz CT molecular complexity index is 512. The number of halogens is 4. The molecule has 0 saturated heterocycles. The molecule has 2 nitrogen and oxygen atoms in total. The highest BCUT2D eigenvalue weighted by atomic mass is 19.4. The maximum absolute atomic E-state index is 13.4. The van der Waals surface area contributed by atoms with Gasteiger partial charge in [0.25, 0.3) is 0 Å². The molecule has 1 aliphatic rings.